The monoisotopic (exact) mass is 690 g/mol. The molecule has 0 nitrogen and oxygen atoms in total. The van der Waals surface area contributed by atoms with Crippen LogP contribution in [0, 0.1) is 28.7 Å². The Morgan fingerprint density at radius 3 is 1.38 bits per heavy atom. The summed E-state index contributed by atoms with van der Waals surface area (Å²) in [7, 11) is -1.91. The van der Waals surface area contributed by atoms with E-state index in [4.69, 9.17) is 0 Å². The second-order valence-electron chi connectivity index (χ2n) is 10.5. The molecule has 0 fully saturated rings. The second kappa shape index (κ2) is 12.1. The van der Waals surface area contributed by atoms with Crippen molar-refractivity contribution < 1.29 is 25.8 Å². The standard InChI is InChI=1S/C35H32Si.2CH3.Hf/c1-5-36(4,30-20-28-14-8-16-32(34(28)22-30)26-12-6-10-24(2)18-26)31-21-29-15-9-17-33(35(29)23-31)27-13-7-11-25(3)19-27;;;/h6-23H,5H2,1-4H3;2*1H3;/q-2;2*-1;+4. The zero-order valence-electron chi connectivity index (χ0n) is 24.1. The van der Waals surface area contributed by atoms with Crippen molar-refractivity contribution in [3.63, 3.8) is 0 Å². The first-order valence-corrected chi connectivity index (χ1v) is 15.7. The van der Waals surface area contributed by atoms with Crippen LogP contribution in [0.25, 0.3) is 43.8 Å². The maximum absolute atomic E-state index is 2.55. The quantitative estimate of drug-likeness (QED) is 0.125. The summed E-state index contributed by atoms with van der Waals surface area (Å²) >= 11 is 0. The van der Waals surface area contributed by atoms with E-state index in [1.165, 1.54) is 71.3 Å². The maximum atomic E-state index is 2.55. The Morgan fingerprint density at radius 2 is 1.00 bits per heavy atom. The molecule has 0 saturated carbocycles. The molecule has 0 amide bonds. The van der Waals surface area contributed by atoms with Crippen molar-refractivity contribution >= 4 is 40.0 Å². The van der Waals surface area contributed by atoms with Gasteiger partial charge in [0.25, 0.3) is 0 Å². The summed E-state index contributed by atoms with van der Waals surface area (Å²) in [5.74, 6) is 0. The van der Waals surface area contributed by atoms with Crippen molar-refractivity contribution in [1.29, 1.82) is 0 Å². The van der Waals surface area contributed by atoms with Crippen LogP contribution < -0.4 is 10.4 Å². The van der Waals surface area contributed by atoms with Crippen molar-refractivity contribution in [2.24, 2.45) is 0 Å². The Labute approximate surface area is 255 Å². The number of aryl methyl sites for hydroxylation is 2. The van der Waals surface area contributed by atoms with E-state index in [-0.39, 0.29) is 40.7 Å². The van der Waals surface area contributed by atoms with Gasteiger partial charge in [-0.25, -0.2) is 0 Å². The van der Waals surface area contributed by atoms with E-state index in [0.717, 1.165) is 0 Å². The van der Waals surface area contributed by atoms with Gasteiger partial charge in [-0.15, -0.1) is 68.3 Å². The van der Waals surface area contributed by atoms with Crippen LogP contribution in [0.1, 0.15) is 18.1 Å². The second-order valence-corrected chi connectivity index (χ2v) is 15.1. The normalized spacial score (nSPS) is 11.1. The molecule has 0 aliphatic carbocycles. The molecule has 0 radical (unpaired) electrons. The summed E-state index contributed by atoms with van der Waals surface area (Å²) in [5.41, 5.74) is 7.89. The van der Waals surface area contributed by atoms with Crippen molar-refractivity contribution in [3.8, 4) is 22.3 Å². The first kappa shape index (κ1) is 30.7. The number of benzene rings is 4. The Hall–Kier alpha value is -2.81. The molecule has 194 valence electrons. The molecule has 2 heteroatoms. The molecule has 6 rings (SSSR count). The summed E-state index contributed by atoms with van der Waals surface area (Å²) in [4.78, 5) is 0. The van der Waals surface area contributed by atoms with Gasteiger partial charge < -0.3 is 14.9 Å². The largest absolute Gasteiger partial charge is 4.00 e. The summed E-state index contributed by atoms with van der Waals surface area (Å²) in [6.07, 6.45) is 0. The van der Waals surface area contributed by atoms with Gasteiger partial charge in [0.1, 0.15) is 0 Å². The Bertz CT molecular complexity index is 1590. The van der Waals surface area contributed by atoms with Crippen molar-refractivity contribution in [1.82, 2.24) is 0 Å². The predicted octanol–water partition coefficient (Wildman–Crippen LogP) is 9.49. The van der Waals surface area contributed by atoms with E-state index in [9.17, 15) is 0 Å². The fourth-order valence-corrected chi connectivity index (χ4v) is 8.83. The van der Waals surface area contributed by atoms with Crippen molar-refractivity contribution in [2.75, 3.05) is 0 Å². The van der Waals surface area contributed by atoms with E-state index >= 15 is 0 Å². The average molecular weight is 689 g/mol. The molecular weight excluding hydrogens is 651 g/mol. The zero-order chi connectivity index (χ0) is 24.9. The Balaban J connectivity index is 0.00000140. The molecular formula is C37H38HfSi. The van der Waals surface area contributed by atoms with Gasteiger partial charge in [-0.1, -0.05) is 102 Å². The molecule has 6 aromatic carbocycles. The Morgan fingerprint density at radius 1 is 0.590 bits per heavy atom. The van der Waals surface area contributed by atoms with Crippen molar-refractivity contribution in [2.45, 2.75) is 33.4 Å². The Kier molecular flexibility index (Phi) is 9.57. The van der Waals surface area contributed by atoms with Crippen LogP contribution in [0.4, 0.5) is 0 Å². The van der Waals surface area contributed by atoms with Gasteiger partial charge in [0.05, 0.1) is 8.07 Å². The third-order valence-electron chi connectivity index (χ3n) is 8.14. The van der Waals surface area contributed by atoms with Gasteiger partial charge in [0.2, 0.25) is 0 Å². The molecule has 0 saturated heterocycles. The fraction of sp³-hybridized carbons (Fsp3) is 0.135. The molecule has 0 aromatic heterocycles. The number of rotatable bonds is 5. The summed E-state index contributed by atoms with van der Waals surface area (Å²) in [5, 5.41) is 8.53. The van der Waals surface area contributed by atoms with E-state index < -0.39 is 8.07 Å². The molecule has 0 unspecified atom stereocenters. The molecule has 39 heavy (non-hydrogen) atoms. The zero-order valence-corrected chi connectivity index (χ0v) is 28.7. The van der Waals surface area contributed by atoms with E-state index in [1.807, 2.05) is 0 Å². The minimum absolute atomic E-state index is 0. The molecule has 0 atom stereocenters. The molecule has 6 aromatic rings. The van der Waals surface area contributed by atoms with Crippen molar-refractivity contribution in [3.05, 3.63) is 135 Å². The van der Waals surface area contributed by atoms with Crippen LogP contribution in [0.3, 0.4) is 0 Å². The number of fused-ring (bicyclic) bond motifs is 2. The van der Waals surface area contributed by atoms with E-state index in [0.29, 0.717) is 0 Å². The molecule has 0 aliphatic rings. The number of hydrogen-bond acceptors (Lipinski definition) is 0. The van der Waals surface area contributed by atoms with Gasteiger partial charge >= 0.3 is 25.8 Å². The third-order valence-corrected chi connectivity index (χ3v) is 12.7. The summed E-state index contributed by atoms with van der Waals surface area (Å²) in [6.45, 7) is 9.27. The van der Waals surface area contributed by atoms with Crippen LogP contribution in [0.2, 0.25) is 12.6 Å². The maximum Gasteiger partial charge on any atom is 4.00 e. The molecule has 0 heterocycles. The SMILES string of the molecule is CC[Si](C)(c1cc2c(-c3cccc(C)c3)cccc2[cH-]1)c1cc2c(-c3cccc(C)c3)cccc2[cH-]1.[CH3-].[CH3-].[Hf+4]. The summed E-state index contributed by atoms with van der Waals surface area (Å²) in [6, 6.07) is 42.4. The summed E-state index contributed by atoms with van der Waals surface area (Å²) < 4.78 is 0. The molecule has 0 aliphatic heterocycles. The minimum Gasteiger partial charge on any atom is -0.358 e. The van der Waals surface area contributed by atoms with Crippen LogP contribution >= 0.6 is 0 Å². The van der Waals surface area contributed by atoms with Crippen LogP contribution in [0.15, 0.2) is 109 Å². The van der Waals surface area contributed by atoms with Gasteiger partial charge in [0.15, 0.2) is 0 Å². The third kappa shape index (κ3) is 5.47. The molecule has 0 bridgehead atoms. The van der Waals surface area contributed by atoms with Gasteiger partial charge in [-0.2, -0.15) is 12.1 Å². The van der Waals surface area contributed by atoms with Gasteiger partial charge in [-0.3, -0.25) is 0 Å². The average Bonchev–Trinajstić information content (AvgIpc) is 3.53. The van der Waals surface area contributed by atoms with Crippen LogP contribution in [0.5, 0.6) is 0 Å². The van der Waals surface area contributed by atoms with E-state index in [1.54, 1.807) is 0 Å². The number of hydrogen-bond donors (Lipinski definition) is 0. The minimum atomic E-state index is -1.91. The first-order chi connectivity index (χ1) is 17.5. The topological polar surface area (TPSA) is 0 Å². The molecule has 0 N–H and O–H groups in total. The van der Waals surface area contributed by atoms with Crippen LogP contribution in [-0.2, 0) is 25.8 Å². The molecule has 0 spiro atoms. The first-order valence-electron chi connectivity index (χ1n) is 13.0. The predicted molar refractivity (Wildman–Crippen MR) is 174 cm³/mol. The van der Waals surface area contributed by atoms with E-state index in [2.05, 4.69) is 137 Å². The van der Waals surface area contributed by atoms with Gasteiger partial charge in [0, 0.05) is 0 Å². The fourth-order valence-electron chi connectivity index (χ4n) is 5.81. The van der Waals surface area contributed by atoms with Gasteiger partial charge in [-0.05, 0) is 25.0 Å². The van der Waals surface area contributed by atoms with Crippen LogP contribution in [-0.4, -0.2) is 8.07 Å². The smallest absolute Gasteiger partial charge is 0.358 e.